The Kier molecular flexibility index (Phi) is 5.79. The highest BCUT2D eigenvalue weighted by Crippen LogP contribution is 2.38. The Balaban J connectivity index is 1.58. The van der Waals surface area contributed by atoms with Gasteiger partial charge in [-0.15, -0.1) is 0 Å². The molecule has 0 N–H and O–H groups in total. The van der Waals surface area contributed by atoms with E-state index in [9.17, 15) is 14.9 Å². The van der Waals surface area contributed by atoms with Crippen molar-refractivity contribution in [3.63, 3.8) is 0 Å². The minimum atomic E-state index is -0.460. The molecule has 0 atom stereocenters. The number of benzene rings is 2. The molecule has 0 aliphatic carbocycles. The van der Waals surface area contributed by atoms with E-state index >= 15 is 0 Å². The largest absolute Gasteiger partial charge is 0.457 e. The lowest BCUT2D eigenvalue weighted by Gasteiger charge is -2.15. The standard InChI is InChI=1S/C20H10BrClN2O4S2/c21-15-7-5-13(9-16(15)22)23-19(25)18(30-20(23)29)10-14-6-8-17(28-14)11-1-3-12(4-2-11)24(26)27/h1-10H/b18-10+. The normalized spacial score (nSPS) is 15.3. The minimum Gasteiger partial charge on any atom is -0.457 e. The molecule has 150 valence electrons. The average molecular weight is 522 g/mol. The highest BCUT2D eigenvalue weighted by Gasteiger charge is 2.33. The van der Waals surface area contributed by atoms with Crippen molar-refractivity contribution in [1.29, 1.82) is 0 Å². The van der Waals surface area contributed by atoms with Crippen LogP contribution >= 0.6 is 51.5 Å². The average Bonchev–Trinajstić information content (AvgIpc) is 3.29. The number of anilines is 1. The zero-order valence-electron chi connectivity index (χ0n) is 14.9. The van der Waals surface area contributed by atoms with Crippen molar-refractivity contribution in [2.45, 2.75) is 0 Å². The van der Waals surface area contributed by atoms with Gasteiger partial charge in [-0.05, 0) is 58.4 Å². The zero-order chi connectivity index (χ0) is 21.4. The molecule has 2 heterocycles. The van der Waals surface area contributed by atoms with E-state index < -0.39 is 4.92 Å². The highest BCUT2D eigenvalue weighted by atomic mass is 79.9. The van der Waals surface area contributed by atoms with Gasteiger partial charge in [0.25, 0.3) is 11.6 Å². The van der Waals surface area contributed by atoms with Crippen LogP contribution in [0.15, 0.2) is 68.4 Å². The number of hydrogen-bond acceptors (Lipinski definition) is 6. The molecule has 2 aromatic carbocycles. The van der Waals surface area contributed by atoms with E-state index in [1.165, 1.54) is 28.8 Å². The fourth-order valence-electron chi connectivity index (χ4n) is 2.78. The van der Waals surface area contributed by atoms with Crippen LogP contribution in [0, 0.1) is 10.1 Å². The van der Waals surface area contributed by atoms with Gasteiger partial charge in [0.1, 0.15) is 11.5 Å². The lowest BCUT2D eigenvalue weighted by Crippen LogP contribution is -2.27. The van der Waals surface area contributed by atoms with Gasteiger partial charge >= 0.3 is 0 Å². The topological polar surface area (TPSA) is 76.6 Å². The SMILES string of the molecule is O=C1/C(=C\c2ccc(-c3ccc([N+](=O)[O-])cc3)o2)SC(=S)N1c1ccc(Br)c(Cl)c1. The molecular formula is C20H10BrClN2O4S2. The maximum absolute atomic E-state index is 12.9. The molecule has 0 unspecified atom stereocenters. The van der Waals surface area contributed by atoms with Gasteiger partial charge in [0.05, 0.1) is 20.5 Å². The number of halogens is 2. The molecule has 30 heavy (non-hydrogen) atoms. The Labute approximate surface area is 193 Å². The van der Waals surface area contributed by atoms with Gasteiger partial charge in [-0.25, -0.2) is 0 Å². The quantitative estimate of drug-likeness (QED) is 0.165. The van der Waals surface area contributed by atoms with Gasteiger partial charge in [-0.1, -0.05) is 35.6 Å². The summed E-state index contributed by atoms with van der Waals surface area (Å²) in [7, 11) is 0. The second-order valence-corrected chi connectivity index (χ2v) is 9.06. The van der Waals surface area contributed by atoms with Crippen LogP contribution in [0.3, 0.4) is 0 Å². The number of hydrogen-bond donors (Lipinski definition) is 0. The van der Waals surface area contributed by atoms with Crippen molar-refractivity contribution in [1.82, 2.24) is 0 Å². The number of nitro benzene ring substituents is 1. The van der Waals surface area contributed by atoms with E-state index in [1.54, 1.807) is 48.5 Å². The third kappa shape index (κ3) is 4.06. The Morgan fingerprint density at radius 1 is 1.17 bits per heavy atom. The summed E-state index contributed by atoms with van der Waals surface area (Å²) < 4.78 is 6.91. The molecule has 1 aliphatic heterocycles. The van der Waals surface area contributed by atoms with Gasteiger partial charge in [0, 0.05) is 28.2 Å². The second kappa shape index (κ2) is 8.35. The number of nitrogens with zero attached hydrogens (tertiary/aromatic N) is 2. The number of thiocarbonyl (C=S) groups is 1. The van der Waals surface area contributed by atoms with E-state index in [1.807, 2.05) is 0 Å². The summed E-state index contributed by atoms with van der Waals surface area (Å²) in [5, 5.41) is 11.3. The molecule has 6 nitrogen and oxygen atoms in total. The molecule has 3 aromatic rings. The smallest absolute Gasteiger partial charge is 0.270 e. The van der Waals surface area contributed by atoms with Crippen molar-refractivity contribution >= 4 is 79.2 Å². The first-order chi connectivity index (χ1) is 14.3. The Morgan fingerprint density at radius 2 is 1.90 bits per heavy atom. The molecule has 1 saturated heterocycles. The summed E-state index contributed by atoms with van der Waals surface area (Å²) in [5.41, 5.74) is 1.28. The molecule has 10 heteroatoms. The summed E-state index contributed by atoms with van der Waals surface area (Å²) in [6.07, 6.45) is 1.62. The summed E-state index contributed by atoms with van der Waals surface area (Å²) in [6.45, 7) is 0. The summed E-state index contributed by atoms with van der Waals surface area (Å²) in [6, 6.07) is 14.7. The summed E-state index contributed by atoms with van der Waals surface area (Å²) >= 11 is 16.0. The summed E-state index contributed by atoms with van der Waals surface area (Å²) in [4.78, 5) is 25.0. The number of furan rings is 1. The van der Waals surface area contributed by atoms with Crippen molar-refractivity contribution in [3.8, 4) is 11.3 Å². The highest BCUT2D eigenvalue weighted by molar-refractivity contribution is 9.10. The lowest BCUT2D eigenvalue weighted by molar-refractivity contribution is -0.384. The van der Waals surface area contributed by atoms with E-state index in [0.717, 1.165) is 4.47 Å². The van der Waals surface area contributed by atoms with Crippen molar-refractivity contribution < 1.29 is 14.1 Å². The second-order valence-electron chi connectivity index (χ2n) is 6.12. The van der Waals surface area contributed by atoms with Crippen LogP contribution in [0.2, 0.25) is 5.02 Å². The fraction of sp³-hybridized carbons (Fsp3) is 0. The maximum atomic E-state index is 12.9. The minimum absolute atomic E-state index is 0.00208. The van der Waals surface area contributed by atoms with E-state index in [0.29, 0.717) is 37.0 Å². The van der Waals surface area contributed by atoms with Crippen LogP contribution in [0.4, 0.5) is 11.4 Å². The lowest BCUT2D eigenvalue weighted by atomic mass is 10.1. The first-order valence-electron chi connectivity index (χ1n) is 8.41. The molecule has 0 saturated carbocycles. The molecule has 1 amide bonds. The van der Waals surface area contributed by atoms with E-state index in [-0.39, 0.29) is 11.6 Å². The molecule has 4 rings (SSSR count). The molecule has 1 aromatic heterocycles. The molecular weight excluding hydrogens is 512 g/mol. The van der Waals surface area contributed by atoms with Crippen molar-refractivity contribution in [2.24, 2.45) is 0 Å². The molecule has 0 spiro atoms. The van der Waals surface area contributed by atoms with Gasteiger partial charge in [0.15, 0.2) is 4.32 Å². The van der Waals surface area contributed by atoms with Crippen molar-refractivity contribution in [2.75, 3.05) is 4.90 Å². The number of non-ortho nitro benzene ring substituents is 1. The van der Waals surface area contributed by atoms with Crippen LogP contribution in [0.25, 0.3) is 17.4 Å². The molecule has 0 bridgehead atoms. The number of carbonyl (C=O) groups is 1. The first kappa shape index (κ1) is 20.8. The number of carbonyl (C=O) groups excluding carboxylic acids is 1. The van der Waals surface area contributed by atoms with Crippen LogP contribution in [-0.2, 0) is 4.79 Å². The van der Waals surface area contributed by atoms with Crippen LogP contribution < -0.4 is 4.90 Å². The van der Waals surface area contributed by atoms with E-state index in [2.05, 4.69) is 15.9 Å². The Hall–Kier alpha value is -2.46. The van der Waals surface area contributed by atoms with Crippen molar-refractivity contribution in [3.05, 3.63) is 84.9 Å². The molecule has 1 aliphatic rings. The van der Waals surface area contributed by atoms with Crippen LogP contribution in [-0.4, -0.2) is 15.2 Å². The Morgan fingerprint density at radius 3 is 2.57 bits per heavy atom. The number of rotatable bonds is 4. The third-order valence-corrected chi connectivity index (χ3v) is 6.75. The zero-order valence-corrected chi connectivity index (χ0v) is 18.8. The fourth-order valence-corrected chi connectivity index (χ4v) is 4.48. The monoisotopic (exact) mass is 520 g/mol. The Bertz CT molecular complexity index is 1220. The predicted molar refractivity (Wildman–Crippen MR) is 126 cm³/mol. The number of nitro groups is 1. The van der Waals surface area contributed by atoms with Crippen LogP contribution in [0.1, 0.15) is 5.76 Å². The summed E-state index contributed by atoms with van der Waals surface area (Å²) in [5.74, 6) is 0.737. The van der Waals surface area contributed by atoms with Gasteiger partial charge in [-0.2, -0.15) is 0 Å². The third-order valence-electron chi connectivity index (χ3n) is 4.22. The van der Waals surface area contributed by atoms with Gasteiger partial charge < -0.3 is 4.42 Å². The number of thioether (sulfide) groups is 1. The first-order valence-corrected chi connectivity index (χ1v) is 10.8. The van der Waals surface area contributed by atoms with Gasteiger partial charge in [0.2, 0.25) is 0 Å². The van der Waals surface area contributed by atoms with Gasteiger partial charge in [-0.3, -0.25) is 19.8 Å². The molecule has 1 fully saturated rings. The molecule has 0 radical (unpaired) electrons. The van der Waals surface area contributed by atoms with E-state index in [4.69, 9.17) is 28.2 Å². The van der Waals surface area contributed by atoms with Crippen LogP contribution in [0.5, 0.6) is 0 Å². The maximum Gasteiger partial charge on any atom is 0.270 e. The predicted octanol–water partition coefficient (Wildman–Crippen LogP) is 6.68. The number of amides is 1.